The molecule has 4 aromatic rings. The zero-order valence-corrected chi connectivity index (χ0v) is 19.8. The molecule has 3 heterocycles. The van der Waals surface area contributed by atoms with E-state index in [1.807, 2.05) is 0 Å². The summed E-state index contributed by atoms with van der Waals surface area (Å²) in [6.45, 7) is 4.39. The number of hydrogen-bond acceptors (Lipinski definition) is 4. The number of likely N-dealkylation sites (tertiary alicyclic amines) is 1. The fraction of sp³-hybridized carbons (Fsp3) is 0.192. The number of halogens is 3. The first-order valence-corrected chi connectivity index (χ1v) is 11.6. The van der Waals surface area contributed by atoms with Gasteiger partial charge in [-0.15, -0.1) is 0 Å². The van der Waals surface area contributed by atoms with Crippen LogP contribution in [0, 0.1) is 11.6 Å². The number of benzene rings is 2. The molecular weight excluding hydrogens is 490 g/mol. The van der Waals surface area contributed by atoms with Gasteiger partial charge in [-0.2, -0.15) is 0 Å². The second-order valence-corrected chi connectivity index (χ2v) is 8.87. The highest BCUT2D eigenvalue weighted by Crippen LogP contribution is 2.30. The first kappa shape index (κ1) is 23.7. The quantitative estimate of drug-likeness (QED) is 0.354. The Bertz CT molecular complexity index is 1530. The minimum Gasteiger partial charge on any atom is -0.487 e. The van der Waals surface area contributed by atoms with Crippen molar-refractivity contribution >= 4 is 28.5 Å². The molecule has 2 aromatic carbocycles. The Morgan fingerprint density at radius 3 is 2.67 bits per heavy atom. The van der Waals surface area contributed by atoms with Gasteiger partial charge < -0.3 is 9.64 Å². The number of fused-ring (bicyclic) bond motifs is 1. The lowest BCUT2D eigenvalue weighted by molar-refractivity contribution is -0.125. The molecule has 2 aromatic heterocycles. The van der Waals surface area contributed by atoms with Gasteiger partial charge in [-0.05, 0) is 54.5 Å². The van der Waals surface area contributed by atoms with E-state index in [2.05, 4.69) is 11.6 Å². The average molecular weight is 511 g/mol. The summed E-state index contributed by atoms with van der Waals surface area (Å²) in [5.74, 6) is -1.26. The van der Waals surface area contributed by atoms with Crippen LogP contribution in [0.2, 0.25) is 5.02 Å². The largest absolute Gasteiger partial charge is 0.487 e. The van der Waals surface area contributed by atoms with Crippen LogP contribution in [-0.2, 0) is 11.4 Å². The predicted molar refractivity (Wildman–Crippen MR) is 131 cm³/mol. The molecule has 0 spiro atoms. The first-order valence-electron chi connectivity index (χ1n) is 11.2. The normalized spacial score (nSPS) is 15.4. The van der Waals surface area contributed by atoms with Gasteiger partial charge in [-0.25, -0.2) is 13.6 Å². The van der Waals surface area contributed by atoms with Gasteiger partial charge >= 0.3 is 5.69 Å². The van der Waals surface area contributed by atoms with Gasteiger partial charge in [0, 0.05) is 25.4 Å². The standard InChI is InChI=1S/C26H21ClF2N4O3/c1-2-25(34)31-8-6-20(14-31)33-22-5-7-30-13-23(22)32(26(33)35)19-3-4-24(21(27)12-19)36-15-16-9-17(28)11-18(29)10-16/h2-5,7,9-13,20H,1,6,8,14-15H2. The molecule has 10 heteroatoms. The number of rotatable bonds is 6. The van der Waals surface area contributed by atoms with Crippen molar-refractivity contribution < 1.29 is 18.3 Å². The lowest BCUT2D eigenvalue weighted by atomic mass is 10.2. The molecule has 1 aliphatic heterocycles. The van der Waals surface area contributed by atoms with Crippen LogP contribution < -0.4 is 10.4 Å². The predicted octanol–water partition coefficient (Wildman–Crippen LogP) is 4.66. The Balaban J connectivity index is 1.47. The van der Waals surface area contributed by atoms with Crippen LogP contribution in [0.25, 0.3) is 16.7 Å². The number of pyridine rings is 1. The molecule has 0 bridgehead atoms. The highest BCUT2D eigenvalue weighted by Gasteiger charge is 2.30. The molecule has 0 aliphatic carbocycles. The molecule has 1 saturated heterocycles. The molecular formula is C26H21ClF2N4O3. The molecule has 1 fully saturated rings. The Kier molecular flexibility index (Phi) is 6.32. The molecule has 0 N–H and O–H groups in total. The number of amides is 1. The molecule has 184 valence electrons. The van der Waals surface area contributed by atoms with Crippen LogP contribution in [0.5, 0.6) is 5.75 Å². The van der Waals surface area contributed by atoms with Crippen LogP contribution in [0.1, 0.15) is 18.0 Å². The summed E-state index contributed by atoms with van der Waals surface area (Å²) in [7, 11) is 0. The molecule has 0 saturated carbocycles. The number of imidazole rings is 1. The van der Waals surface area contributed by atoms with E-state index in [9.17, 15) is 18.4 Å². The Labute approximate surface area is 209 Å². The Morgan fingerprint density at radius 2 is 1.94 bits per heavy atom. The van der Waals surface area contributed by atoms with Gasteiger partial charge in [0.2, 0.25) is 5.91 Å². The van der Waals surface area contributed by atoms with Crippen molar-refractivity contribution in [3.05, 3.63) is 100 Å². The van der Waals surface area contributed by atoms with Gasteiger partial charge in [-0.3, -0.25) is 18.9 Å². The topological polar surface area (TPSA) is 69.4 Å². The second-order valence-electron chi connectivity index (χ2n) is 8.46. The summed E-state index contributed by atoms with van der Waals surface area (Å²) in [5.41, 5.74) is 1.82. The maximum Gasteiger partial charge on any atom is 0.334 e. The molecule has 1 atom stereocenters. The number of nitrogens with zero attached hydrogens (tertiary/aromatic N) is 4. The Morgan fingerprint density at radius 1 is 1.17 bits per heavy atom. The highest BCUT2D eigenvalue weighted by molar-refractivity contribution is 6.32. The fourth-order valence-corrected chi connectivity index (χ4v) is 4.78. The maximum absolute atomic E-state index is 13.6. The van der Waals surface area contributed by atoms with E-state index >= 15 is 0 Å². The van der Waals surface area contributed by atoms with Crippen molar-refractivity contribution in [2.75, 3.05) is 13.1 Å². The summed E-state index contributed by atoms with van der Waals surface area (Å²) >= 11 is 6.45. The van der Waals surface area contributed by atoms with Crippen molar-refractivity contribution in [3.63, 3.8) is 0 Å². The molecule has 7 nitrogen and oxygen atoms in total. The molecule has 5 rings (SSSR count). The molecule has 0 radical (unpaired) electrons. The van der Waals surface area contributed by atoms with Crippen molar-refractivity contribution in [3.8, 4) is 11.4 Å². The third kappa shape index (κ3) is 4.37. The highest BCUT2D eigenvalue weighted by atomic mass is 35.5. The van der Waals surface area contributed by atoms with E-state index in [4.69, 9.17) is 16.3 Å². The number of hydrogen-bond donors (Lipinski definition) is 0. The molecule has 1 aliphatic rings. The summed E-state index contributed by atoms with van der Waals surface area (Å²) < 4.78 is 35.7. The van der Waals surface area contributed by atoms with Crippen molar-refractivity contribution in [2.24, 2.45) is 0 Å². The van der Waals surface area contributed by atoms with E-state index in [-0.39, 0.29) is 29.3 Å². The summed E-state index contributed by atoms with van der Waals surface area (Å²) in [4.78, 5) is 31.5. The third-order valence-electron chi connectivity index (χ3n) is 6.18. The first-order chi connectivity index (χ1) is 17.4. The number of carbonyl (C=O) groups is 1. The van der Waals surface area contributed by atoms with Crippen LogP contribution >= 0.6 is 11.6 Å². The lowest BCUT2D eigenvalue weighted by Gasteiger charge is -2.15. The van der Waals surface area contributed by atoms with Crippen molar-refractivity contribution in [2.45, 2.75) is 19.1 Å². The average Bonchev–Trinajstić information content (AvgIpc) is 3.44. The SMILES string of the molecule is C=CC(=O)N1CCC(n2c(=O)n(-c3ccc(OCc4cc(F)cc(F)c4)c(Cl)c3)c3cnccc32)C1. The summed E-state index contributed by atoms with van der Waals surface area (Å²) in [6, 6.07) is 9.57. The van der Waals surface area contributed by atoms with Crippen LogP contribution in [-0.4, -0.2) is 38.0 Å². The Hall–Kier alpha value is -3.98. The monoisotopic (exact) mass is 510 g/mol. The molecule has 1 amide bonds. The van der Waals surface area contributed by atoms with E-state index < -0.39 is 11.6 Å². The second kappa shape index (κ2) is 9.58. The number of aromatic nitrogens is 3. The van der Waals surface area contributed by atoms with E-state index in [0.717, 1.165) is 6.07 Å². The van der Waals surface area contributed by atoms with Crippen molar-refractivity contribution in [1.29, 1.82) is 0 Å². The summed E-state index contributed by atoms with van der Waals surface area (Å²) in [5, 5.41) is 0.227. The zero-order chi connectivity index (χ0) is 25.4. The lowest BCUT2D eigenvalue weighted by Crippen LogP contribution is -2.31. The van der Waals surface area contributed by atoms with Crippen LogP contribution in [0.3, 0.4) is 0 Å². The summed E-state index contributed by atoms with van der Waals surface area (Å²) in [6.07, 6.45) is 5.12. The van der Waals surface area contributed by atoms with E-state index in [0.29, 0.717) is 47.5 Å². The molecule has 36 heavy (non-hydrogen) atoms. The smallest absolute Gasteiger partial charge is 0.334 e. The van der Waals surface area contributed by atoms with Gasteiger partial charge in [0.25, 0.3) is 0 Å². The zero-order valence-electron chi connectivity index (χ0n) is 19.0. The van der Waals surface area contributed by atoms with Crippen LogP contribution in [0.15, 0.2) is 72.3 Å². The number of ether oxygens (including phenoxy) is 1. The van der Waals surface area contributed by atoms with E-state index in [1.54, 1.807) is 46.1 Å². The minimum absolute atomic E-state index is 0.0848. The van der Waals surface area contributed by atoms with Crippen molar-refractivity contribution in [1.82, 2.24) is 19.0 Å². The fourth-order valence-electron chi connectivity index (χ4n) is 4.55. The van der Waals surface area contributed by atoms with Gasteiger partial charge in [0.15, 0.2) is 0 Å². The van der Waals surface area contributed by atoms with Gasteiger partial charge in [0.1, 0.15) is 24.0 Å². The van der Waals surface area contributed by atoms with Gasteiger partial charge in [0.05, 0.1) is 34.0 Å². The molecule has 1 unspecified atom stereocenters. The van der Waals surface area contributed by atoms with Gasteiger partial charge in [-0.1, -0.05) is 18.2 Å². The van der Waals surface area contributed by atoms with Crippen LogP contribution in [0.4, 0.5) is 8.78 Å². The minimum atomic E-state index is -0.696. The van der Waals surface area contributed by atoms with E-state index in [1.165, 1.54) is 22.8 Å². The third-order valence-corrected chi connectivity index (χ3v) is 6.48. The number of carbonyl (C=O) groups excluding carboxylic acids is 1. The maximum atomic E-state index is 13.6.